The predicted molar refractivity (Wildman–Crippen MR) is 141 cm³/mol. The lowest BCUT2D eigenvalue weighted by atomic mass is 9.75. The van der Waals surface area contributed by atoms with E-state index in [9.17, 15) is 9.59 Å². The highest BCUT2D eigenvalue weighted by molar-refractivity contribution is 6.62. The van der Waals surface area contributed by atoms with Gasteiger partial charge in [-0.3, -0.25) is 9.59 Å². The number of amides is 1. The Morgan fingerprint density at radius 3 is 2.31 bits per heavy atom. The topological polar surface area (TPSA) is 68.3 Å². The van der Waals surface area contributed by atoms with Crippen molar-refractivity contribution < 1.29 is 23.6 Å². The summed E-state index contributed by atoms with van der Waals surface area (Å²) in [7, 11) is 1.23. The standard InChI is InChI=1S/C28H37BN2O5/c1-18(32)34-17-22-23(29-35-27(5,6)28(7,8)36-29)11-10-12-24(22)31-25(33)21-14-13-20(26(2,3)4)15-19(21)16-30(31)9/h10-15H,16-17H2,1-9H3. The molecule has 8 heteroatoms. The molecule has 192 valence electrons. The van der Waals surface area contributed by atoms with Gasteiger partial charge in [0.1, 0.15) is 6.61 Å². The number of hydrazine groups is 1. The summed E-state index contributed by atoms with van der Waals surface area (Å²) in [5.41, 5.74) is 3.83. The fraction of sp³-hybridized carbons (Fsp3) is 0.500. The Bertz CT molecular complexity index is 1180. The van der Waals surface area contributed by atoms with E-state index in [1.54, 1.807) is 5.01 Å². The summed E-state index contributed by atoms with van der Waals surface area (Å²) in [6.07, 6.45) is 0. The van der Waals surface area contributed by atoms with E-state index in [0.717, 1.165) is 11.0 Å². The minimum atomic E-state index is -0.660. The summed E-state index contributed by atoms with van der Waals surface area (Å²) < 4.78 is 18.1. The van der Waals surface area contributed by atoms with Crippen molar-refractivity contribution in [3.05, 3.63) is 58.7 Å². The average Bonchev–Trinajstić information content (AvgIpc) is 2.98. The zero-order valence-electron chi connectivity index (χ0n) is 22.9. The number of nitrogens with zero attached hydrogens (tertiary/aromatic N) is 2. The SMILES string of the molecule is CC(=O)OCc1c(B2OC(C)(C)C(C)(C)O2)cccc1N1C(=O)c2ccc(C(C)(C)C)cc2CN1C. The number of rotatable bonds is 4. The van der Waals surface area contributed by atoms with Crippen LogP contribution in [0.1, 0.15) is 82.4 Å². The van der Waals surface area contributed by atoms with Crippen LogP contribution in [0.15, 0.2) is 36.4 Å². The second-order valence-electron chi connectivity index (χ2n) is 11.8. The van der Waals surface area contributed by atoms with Crippen molar-refractivity contribution in [1.29, 1.82) is 0 Å². The van der Waals surface area contributed by atoms with E-state index >= 15 is 0 Å². The smallest absolute Gasteiger partial charge is 0.461 e. The fourth-order valence-electron chi connectivity index (χ4n) is 4.59. The molecule has 36 heavy (non-hydrogen) atoms. The van der Waals surface area contributed by atoms with Crippen molar-refractivity contribution in [1.82, 2.24) is 5.01 Å². The molecule has 0 saturated carbocycles. The lowest BCUT2D eigenvalue weighted by molar-refractivity contribution is -0.142. The summed E-state index contributed by atoms with van der Waals surface area (Å²) in [6.45, 7) is 16.4. The van der Waals surface area contributed by atoms with Crippen molar-refractivity contribution >= 4 is 30.1 Å². The molecule has 2 aliphatic heterocycles. The van der Waals surface area contributed by atoms with Gasteiger partial charge >= 0.3 is 13.1 Å². The molecule has 2 heterocycles. The Morgan fingerprint density at radius 2 is 1.72 bits per heavy atom. The van der Waals surface area contributed by atoms with Crippen LogP contribution in [-0.4, -0.2) is 42.3 Å². The summed E-state index contributed by atoms with van der Waals surface area (Å²) >= 11 is 0. The minimum Gasteiger partial charge on any atom is -0.461 e. The first-order valence-electron chi connectivity index (χ1n) is 12.4. The first kappa shape index (κ1) is 26.4. The maximum atomic E-state index is 13.8. The Morgan fingerprint density at radius 1 is 1.08 bits per heavy atom. The lowest BCUT2D eigenvalue weighted by Gasteiger charge is -2.38. The summed E-state index contributed by atoms with van der Waals surface area (Å²) in [4.78, 5) is 25.6. The van der Waals surface area contributed by atoms with Gasteiger partial charge < -0.3 is 14.0 Å². The van der Waals surface area contributed by atoms with Gasteiger partial charge in [-0.25, -0.2) is 10.0 Å². The molecule has 0 spiro atoms. The number of carbonyl (C=O) groups is 2. The number of anilines is 1. The van der Waals surface area contributed by atoms with Gasteiger partial charge in [0.15, 0.2) is 0 Å². The molecule has 0 radical (unpaired) electrons. The Kier molecular flexibility index (Phi) is 6.61. The molecule has 0 unspecified atom stereocenters. The second kappa shape index (κ2) is 9.01. The zero-order chi connectivity index (χ0) is 26.6. The molecule has 0 aromatic heterocycles. The van der Waals surface area contributed by atoms with Crippen molar-refractivity contribution in [2.45, 2.75) is 85.2 Å². The molecule has 0 aliphatic carbocycles. The van der Waals surface area contributed by atoms with Crippen molar-refractivity contribution in [3.8, 4) is 0 Å². The van der Waals surface area contributed by atoms with Crippen LogP contribution in [0.25, 0.3) is 0 Å². The van der Waals surface area contributed by atoms with Gasteiger partial charge in [0.2, 0.25) is 0 Å². The van der Waals surface area contributed by atoms with Gasteiger partial charge in [-0.2, -0.15) is 0 Å². The van der Waals surface area contributed by atoms with Crippen LogP contribution in [0.5, 0.6) is 0 Å². The Labute approximate surface area is 214 Å². The number of benzene rings is 2. The molecule has 0 atom stereocenters. The van der Waals surface area contributed by atoms with Crippen LogP contribution < -0.4 is 10.5 Å². The van der Waals surface area contributed by atoms with E-state index in [1.807, 2.05) is 70.1 Å². The highest BCUT2D eigenvalue weighted by Crippen LogP contribution is 2.38. The largest absolute Gasteiger partial charge is 0.495 e. The summed E-state index contributed by atoms with van der Waals surface area (Å²) in [5, 5.41) is 3.56. The second-order valence-corrected chi connectivity index (χ2v) is 11.8. The minimum absolute atomic E-state index is 0.00163. The van der Waals surface area contributed by atoms with Gasteiger partial charge in [-0.15, -0.1) is 0 Å². The molecule has 1 saturated heterocycles. The van der Waals surface area contributed by atoms with Crippen molar-refractivity contribution in [3.63, 3.8) is 0 Å². The number of carbonyl (C=O) groups excluding carboxylic acids is 2. The van der Waals surface area contributed by atoms with Crippen LogP contribution in [0.2, 0.25) is 0 Å². The van der Waals surface area contributed by atoms with Gasteiger partial charge in [-0.1, -0.05) is 45.0 Å². The van der Waals surface area contributed by atoms with Gasteiger partial charge in [-0.05, 0) is 61.8 Å². The van der Waals surface area contributed by atoms with Crippen molar-refractivity contribution in [2.24, 2.45) is 0 Å². The van der Waals surface area contributed by atoms with Crippen LogP contribution in [0, 0.1) is 0 Å². The van der Waals surface area contributed by atoms with Crippen LogP contribution in [-0.2, 0) is 37.4 Å². The quantitative estimate of drug-likeness (QED) is 0.467. The molecule has 2 aliphatic rings. The van der Waals surface area contributed by atoms with E-state index in [0.29, 0.717) is 23.4 Å². The zero-order valence-corrected chi connectivity index (χ0v) is 22.9. The highest BCUT2D eigenvalue weighted by atomic mass is 16.7. The Balaban J connectivity index is 1.79. The molecule has 2 aromatic rings. The number of fused-ring (bicyclic) bond motifs is 1. The molecule has 4 rings (SSSR count). The third-order valence-electron chi connectivity index (χ3n) is 7.48. The third-order valence-corrected chi connectivity index (χ3v) is 7.48. The van der Waals surface area contributed by atoms with E-state index in [2.05, 4.69) is 26.8 Å². The van der Waals surface area contributed by atoms with Gasteiger partial charge in [0.25, 0.3) is 5.91 Å². The molecular formula is C28H37BN2O5. The summed E-state index contributed by atoms with van der Waals surface area (Å²) in [6, 6.07) is 11.7. The first-order valence-corrected chi connectivity index (χ1v) is 12.4. The number of ether oxygens (including phenoxy) is 1. The molecule has 7 nitrogen and oxygen atoms in total. The molecule has 1 amide bonds. The third kappa shape index (κ3) is 4.70. The van der Waals surface area contributed by atoms with Gasteiger partial charge in [0, 0.05) is 31.6 Å². The molecule has 1 fully saturated rings. The monoisotopic (exact) mass is 492 g/mol. The highest BCUT2D eigenvalue weighted by Gasteiger charge is 2.52. The molecule has 0 bridgehead atoms. The maximum absolute atomic E-state index is 13.8. The number of esters is 1. The van der Waals surface area contributed by atoms with E-state index in [1.165, 1.54) is 12.5 Å². The van der Waals surface area contributed by atoms with Crippen LogP contribution in [0.4, 0.5) is 5.69 Å². The predicted octanol–water partition coefficient (Wildman–Crippen LogP) is 4.35. The fourth-order valence-corrected chi connectivity index (χ4v) is 4.59. The van der Waals surface area contributed by atoms with Crippen LogP contribution >= 0.6 is 0 Å². The normalized spacial score (nSPS) is 19.4. The van der Waals surface area contributed by atoms with E-state index in [-0.39, 0.29) is 17.9 Å². The lowest BCUT2D eigenvalue weighted by Crippen LogP contribution is -2.49. The van der Waals surface area contributed by atoms with E-state index in [4.69, 9.17) is 14.0 Å². The average molecular weight is 492 g/mol. The van der Waals surface area contributed by atoms with Gasteiger partial charge in [0.05, 0.1) is 16.9 Å². The maximum Gasteiger partial charge on any atom is 0.495 e. The first-order chi connectivity index (χ1) is 16.6. The molecule has 2 aromatic carbocycles. The summed E-state index contributed by atoms with van der Waals surface area (Å²) in [5.74, 6) is -0.530. The number of hydrogen-bond donors (Lipinski definition) is 0. The Hall–Kier alpha value is -2.68. The number of hydrogen-bond acceptors (Lipinski definition) is 6. The molecule has 0 N–H and O–H groups in total. The van der Waals surface area contributed by atoms with E-state index < -0.39 is 24.3 Å². The van der Waals surface area contributed by atoms with Crippen molar-refractivity contribution in [2.75, 3.05) is 12.1 Å². The van der Waals surface area contributed by atoms with Crippen LogP contribution in [0.3, 0.4) is 0 Å². The molecular weight excluding hydrogens is 455 g/mol.